The molecule has 6 rings (SSSR count). The standard InChI is InChI=1S/C30H29N5O2S/c36-20-21-13-15-34(16-14-21)26-8-3-23(4-9-26)32-25-7-12-28-22(18-25)19-31-35(28)27-10-5-24(6-11-27)33-30(37)29-2-1-17-38-29/h1-12,17-19,21,32,36H,13-16,20H2,(H,33,37). The number of hydrogen-bond acceptors (Lipinski definition) is 6. The first-order valence-corrected chi connectivity index (χ1v) is 13.7. The van der Waals surface area contributed by atoms with Gasteiger partial charge < -0.3 is 20.6 Å². The normalized spacial score (nSPS) is 14.1. The van der Waals surface area contributed by atoms with Gasteiger partial charge in [-0.3, -0.25) is 4.79 Å². The van der Waals surface area contributed by atoms with Crippen LogP contribution in [-0.2, 0) is 0 Å². The molecule has 1 amide bonds. The number of carbonyl (C=O) groups excluding carboxylic acids is 1. The Balaban J connectivity index is 1.12. The number of benzene rings is 3. The number of thiophene rings is 1. The molecule has 1 saturated heterocycles. The van der Waals surface area contributed by atoms with Crippen LogP contribution in [0.1, 0.15) is 22.5 Å². The van der Waals surface area contributed by atoms with Crippen molar-refractivity contribution in [3.63, 3.8) is 0 Å². The zero-order valence-electron chi connectivity index (χ0n) is 20.9. The van der Waals surface area contributed by atoms with Crippen molar-refractivity contribution in [2.75, 3.05) is 35.2 Å². The Labute approximate surface area is 225 Å². The lowest BCUT2D eigenvalue weighted by atomic mass is 9.97. The summed E-state index contributed by atoms with van der Waals surface area (Å²) in [7, 11) is 0. The number of amides is 1. The summed E-state index contributed by atoms with van der Waals surface area (Å²) in [6.45, 7) is 2.28. The highest BCUT2D eigenvalue weighted by atomic mass is 32.1. The molecule has 0 spiro atoms. The number of rotatable bonds is 7. The Morgan fingerprint density at radius 2 is 1.63 bits per heavy atom. The topological polar surface area (TPSA) is 82.4 Å². The molecule has 1 aliphatic heterocycles. The van der Waals surface area contributed by atoms with Gasteiger partial charge in [0.15, 0.2) is 0 Å². The molecule has 38 heavy (non-hydrogen) atoms. The Kier molecular flexibility index (Phi) is 6.81. The van der Waals surface area contributed by atoms with Gasteiger partial charge >= 0.3 is 0 Å². The van der Waals surface area contributed by atoms with Gasteiger partial charge in [0, 0.05) is 47.8 Å². The van der Waals surface area contributed by atoms with Gasteiger partial charge in [0.2, 0.25) is 0 Å². The Morgan fingerprint density at radius 1 is 0.921 bits per heavy atom. The number of aliphatic hydroxyl groups excluding tert-OH is 1. The molecule has 0 radical (unpaired) electrons. The van der Waals surface area contributed by atoms with E-state index in [-0.39, 0.29) is 5.91 Å². The summed E-state index contributed by atoms with van der Waals surface area (Å²) in [5, 5.41) is 23.3. The molecule has 0 atom stereocenters. The van der Waals surface area contributed by atoms with Crippen LogP contribution in [0.5, 0.6) is 0 Å². The van der Waals surface area contributed by atoms with Crippen molar-refractivity contribution in [2.24, 2.45) is 5.92 Å². The van der Waals surface area contributed by atoms with Crippen molar-refractivity contribution in [3.05, 3.63) is 95.3 Å². The number of fused-ring (bicyclic) bond motifs is 1. The van der Waals surface area contributed by atoms with Gasteiger partial charge in [-0.1, -0.05) is 6.07 Å². The largest absolute Gasteiger partial charge is 0.396 e. The van der Waals surface area contributed by atoms with Gasteiger partial charge in [0.1, 0.15) is 0 Å². The number of hydrogen-bond donors (Lipinski definition) is 3. The van der Waals surface area contributed by atoms with Gasteiger partial charge in [0.05, 0.1) is 22.3 Å². The van der Waals surface area contributed by atoms with E-state index in [1.54, 1.807) is 0 Å². The molecule has 2 aromatic heterocycles. The Bertz CT molecular complexity index is 1520. The predicted octanol–water partition coefficient (Wildman–Crippen LogP) is 6.29. The van der Waals surface area contributed by atoms with Crippen molar-refractivity contribution in [1.82, 2.24) is 9.78 Å². The van der Waals surface area contributed by atoms with E-state index in [1.165, 1.54) is 17.0 Å². The van der Waals surface area contributed by atoms with Crippen LogP contribution in [0.25, 0.3) is 16.6 Å². The first-order valence-electron chi connectivity index (χ1n) is 12.8. The third-order valence-electron chi connectivity index (χ3n) is 7.08. The van der Waals surface area contributed by atoms with Gasteiger partial charge in [-0.05, 0) is 96.9 Å². The molecule has 1 aliphatic rings. The molecule has 192 valence electrons. The van der Waals surface area contributed by atoms with Crippen LogP contribution < -0.4 is 15.5 Å². The summed E-state index contributed by atoms with van der Waals surface area (Å²) in [5.41, 5.74) is 5.93. The van der Waals surface area contributed by atoms with Crippen molar-refractivity contribution in [1.29, 1.82) is 0 Å². The van der Waals surface area contributed by atoms with E-state index in [1.807, 2.05) is 52.7 Å². The minimum Gasteiger partial charge on any atom is -0.396 e. The molecule has 3 aromatic carbocycles. The van der Waals surface area contributed by atoms with Crippen LogP contribution in [0.4, 0.5) is 22.7 Å². The molecule has 1 fully saturated rings. The number of piperidine rings is 1. The number of aromatic nitrogens is 2. The zero-order chi connectivity index (χ0) is 25.9. The smallest absolute Gasteiger partial charge is 0.265 e. The molecule has 3 N–H and O–H groups in total. The highest BCUT2D eigenvalue weighted by Crippen LogP contribution is 2.28. The maximum atomic E-state index is 12.3. The molecule has 0 bridgehead atoms. The van der Waals surface area contributed by atoms with E-state index in [4.69, 9.17) is 0 Å². The van der Waals surface area contributed by atoms with E-state index in [2.05, 4.69) is 63.1 Å². The number of nitrogens with zero attached hydrogens (tertiary/aromatic N) is 3. The van der Waals surface area contributed by atoms with Crippen molar-refractivity contribution in [2.45, 2.75) is 12.8 Å². The lowest BCUT2D eigenvalue weighted by Crippen LogP contribution is -2.34. The average molecular weight is 524 g/mol. The van der Waals surface area contributed by atoms with Crippen molar-refractivity contribution < 1.29 is 9.90 Å². The third kappa shape index (κ3) is 5.14. The fraction of sp³-hybridized carbons (Fsp3) is 0.200. The van der Waals surface area contributed by atoms with Crippen LogP contribution in [-0.4, -0.2) is 40.5 Å². The summed E-state index contributed by atoms with van der Waals surface area (Å²) < 4.78 is 1.90. The summed E-state index contributed by atoms with van der Waals surface area (Å²) >= 11 is 1.42. The van der Waals surface area contributed by atoms with E-state index in [0.717, 1.165) is 59.6 Å². The fourth-order valence-electron chi connectivity index (χ4n) is 4.90. The van der Waals surface area contributed by atoms with Crippen molar-refractivity contribution >= 4 is 50.9 Å². The maximum absolute atomic E-state index is 12.3. The average Bonchev–Trinajstić information content (AvgIpc) is 3.65. The van der Waals surface area contributed by atoms with Crippen LogP contribution in [0, 0.1) is 5.92 Å². The second kappa shape index (κ2) is 10.7. The van der Waals surface area contributed by atoms with E-state index in [0.29, 0.717) is 17.4 Å². The minimum atomic E-state index is -0.102. The van der Waals surface area contributed by atoms with Crippen LogP contribution in [0.2, 0.25) is 0 Å². The molecule has 8 heteroatoms. The molecule has 3 heterocycles. The number of carbonyl (C=O) groups is 1. The van der Waals surface area contributed by atoms with Gasteiger partial charge in [-0.25, -0.2) is 4.68 Å². The maximum Gasteiger partial charge on any atom is 0.265 e. The lowest BCUT2D eigenvalue weighted by molar-refractivity contribution is 0.103. The monoisotopic (exact) mass is 523 g/mol. The van der Waals surface area contributed by atoms with Crippen molar-refractivity contribution in [3.8, 4) is 5.69 Å². The Morgan fingerprint density at radius 3 is 2.34 bits per heavy atom. The van der Waals surface area contributed by atoms with Gasteiger partial charge in [-0.2, -0.15) is 5.10 Å². The third-order valence-corrected chi connectivity index (χ3v) is 7.95. The quantitative estimate of drug-likeness (QED) is 0.234. The van der Waals surface area contributed by atoms with E-state index < -0.39 is 0 Å². The van der Waals surface area contributed by atoms with Gasteiger partial charge in [-0.15, -0.1) is 11.3 Å². The number of aliphatic hydroxyl groups is 1. The number of anilines is 4. The summed E-state index contributed by atoms with van der Waals surface area (Å²) in [6.07, 6.45) is 3.95. The van der Waals surface area contributed by atoms with Crippen LogP contribution >= 0.6 is 11.3 Å². The molecule has 0 aliphatic carbocycles. The first-order chi connectivity index (χ1) is 18.7. The van der Waals surface area contributed by atoms with E-state index >= 15 is 0 Å². The summed E-state index contributed by atoms with van der Waals surface area (Å²) in [4.78, 5) is 15.4. The molecule has 0 saturated carbocycles. The zero-order valence-corrected chi connectivity index (χ0v) is 21.7. The molecule has 5 aromatic rings. The highest BCUT2D eigenvalue weighted by molar-refractivity contribution is 7.12. The molecule has 7 nitrogen and oxygen atoms in total. The number of nitrogens with one attached hydrogen (secondary N) is 2. The summed E-state index contributed by atoms with van der Waals surface area (Å²) in [6, 6.07) is 26.1. The van der Waals surface area contributed by atoms with Crippen LogP contribution in [0.15, 0.2) is 90.4 Å². The Hall–Kier alpha value is -4.14. The second-order valence-corrected chi connectivity index (χ2v) is 10.5. The summed E-state index contributed by atoms with van der Waals surface area (Å²) in [5.74, 6) is 0.338. The minimum absolute atomic E-state index is 0.102. The first kappa shape index (κ1) is 24.2. The lowest BCUT2D eigenvalue weighted by Gasteiger charge is -2.33. The van der Waals surface area contributed by atoms with Crippen LogP contribution in [0.3, 0.4) is 0 Å². The SMILES string of the molecule is O=C(Nc1ccc(-n2ncc3cc(Nc4ccc(N5CCC(CO)CC5)cc4)ccc32)cc1)c1cccs1. The fourth-order valence-corrected chi connectivity index (χ4v) is 5.52. The highest BCUT2D eigenvalue weighted by Gasteiger charge is 2.18. The molecule has 0 unspecified atom stereocenters. The predicted molar refractivity (Wildman–Crippen MR) is 155 cm³/mol. The molecular weight excluding hydrogens is 494 g/mol. The molecular formula is C30H29N5O2S. The second-order valence-electron chi connectivity index (χ2n) is 9.59. The van der Waals surface area contributed by atoms with E-state index in [9.17, 15) is 9.90 Å². The van der Waals surface area contributed by atoms with Gasteiger partial charge in [0.25, 0.3) is 5.91 Å².